The van der Waals surface area contributed by atoms with E-state index in [1.165, 1.54) is 24.2 Å². The summed E-state index contributed by atoms with van der Waals surface area (Å²) < 4.78 is 0. The summed E-state index contributed by atoms with van der Waals surface area (Å²) in [6.45, 7) is 5.57. The highest BCUT2D eigenvalue weighted by atomic mass is 32.1. The largest absolute Gasteiger partial charge is 0.340 e. The van der Waals surface area contributed by atoms with Crippen LogP contribution in [0.4, 0.5) is 9.80 Å². The third kappa shape index (κ3) is 3.58. The molecule has 22 heavy (non-hydrogen) atoms. The van der Waals surface area contributed by atoms with Crippen molar-refractivity contribution in [3.63, 3.8) is 0 Å². The summed E-state index contributed by atoms with van der Waals surface area (Å²) in [6, 6.07) is -0.348. The van der Waals surface area contributed by atoms with Gasteiger partial charge in [-0.1, -0.05) is 13.8 Å². The molecule has 2 fully saturated rings. The van der Waals surface area contributed by atoms with Gasteiger partial charge in [0.2, 0.25) is 5.91 Å². The number of urea groups is 1. The van der Waals surface area contributed by atoms with Gasteiger partial charge in [0, 0.05) is 19.5 Å². The normalized spacial score (nSPS) is 21.5. The number of hydrogen-bond donors (Lipinski definition) is 2. The molecular weight excluding hydrogens is 300 g/mol. The fourth-order valence-corrected chi connectivity index (χ4v) is 3.57. The Labute approximate surface area is 134 Å². The van der Waals surface area contributed by atoms with E-state index < -0.39 is 0 Å². The molecule has 0 spiro atoms. The molecule has 3 rings (SSSR count). The van der Waals surface area contributed by atoms with Crippen LogP contribution in [0.5, 0.6) is 0 Å². The van der Waals surface area contributed by atoms with Gasteiger partial charge in [-0.15, -0.1) is 11.3 Å². The highest BCUT2D eigenvalue weighted by Gasteiger charge is 2.34. The van der Waals surface area contributed by atoms with Crippen molar-refractivity contribution in [3.05, 3.63) is 11.2 Å². The maximum Gasteiger partial charge on any atom is 0.320 e. The van der Waals surface area contributed by atoms with Crippen molar-refractivity contribution < 1.29 is 9.59 Å². The molecule has 1 saturated carbocycles. The number of rotatable bonds is 5. The van der Waals surface area contributed by atoms with Crippen LogP contribution in [-0.2, 0) is 4.79 Å². The molecule has 2 aliphatic rings. The number of nitrogens with one attached hydrogen (secondary N) is 2. The fraction of sp³-hybridized carbons (Fsp3) is 0.667. The van der Waals surface area contributed by atoms with E-state index in [2.05, 4.69) is 15.6 Å². The maximum atomic E-state index is 12.1. The molecule has 1 aliphatic heterocycles. The Hall–Kier alpha value is -1.63. The molecule has 0 radical (unpaired) electrons. The monoisotopic (exact) mass is 322 g/mol. The number of carbonyl (C=O) groups is 2. The number of thiazole rings is 1. The first-order valence-electron chi connectivity index (χ1n) is 7.81. The van der Waals surface area contributed by atoms with Crippen LogP contribution >= 0.6 is 11.3 Å². The van der Waals surface area contributed by atoms with Crippen LogP contribution in [0.3, 0.4) is 0 Å². The average Bonchev–Trinajstić information content (AvgIpc) is 3.02. The van der Waals surface area contributed by atoms with E-state index in [4.69, 9.17) is 0 Å². The average molecular weight is 322 g/mol. The molecular formula is C15H22N4O2S. The van der Waals surface area contributed by atoms with Crippen LogP contribution in [0, 0.1) is 5.92 Å². The molecule has 2 heterocycles. The number of amides is 3. The number of likely N-dealkylation sites (tertiary alicyclic amines) is 1. The zero-order valence-electron chi connectivity index (χ0n) is 13.0. The minimum absolute atomic E-state index is 0.0957. The van der Waals surface area contributed by atoms with Gasteiger partial charge in [-0.2, -0.15) is 0 Å². The SMILES string of the molecule is CC(C)c1ncsc1NC(=O)NC1CC(=O)N(CC2CC2)C1. The van der Waals surface area contributed by atoms with Gasteiger partial charge in [0.05, 0.1) is 17.2 Å². The molecule has 1 aromatic heterocycles. The first kappa shape index (κ1) is 15.3. The van der Waals surface area contributed by atoms with Gasteiger partial charge >= 0.3 is 6.03 Å². The summed E-state index contributed by atoms with van der Waals surface area (Å²) >= 11 is 1.42. The fourth-order valence-electron chi connectivity index (χ4n) is 2.74. The molecule has 7 heteroatoms. The number of carbonyl (C=O) groups excluding carboxylic acids is 2. The Kier molecular flexibility index (Phi) is 4.33. The minimum atomic E-state index is -0.253. The van der Waals surface area contributed by atoms with Gasteiger partial charge in [0.15, 0.2) is 0 Å². The maximum absolute atomic E-state index is 12.1. The molecule has 3 amide bonds. The van der Waals surface area contributed by atoms with Gasteiger partial charge in [0.1, 0.15) is 5.00 Å². The number of nitrogens with zero attached hydrogens (tertiary/aromatic N) is 2. The summed E-state index contributed by atoms with van der Waals surface area (Å²) in [5.74, 6) is 1.10. The summed E-state index contributed by atoms with van der Waals surface area (Å²) in [4.78, 5) is 30.2. The van der Waals surface area contributed by atoms with Crippen molar-refractivity contribution in [2.24, 2.45) is 5.92 Å². The van der Waals surface area contributed by atoms with E-state index in [1.807, 2.05) is 18.7 Å². The third-order valence-corrected chi connectivity index (χ3v) is 4.85. The quantitative estimate of drug-likeness (QED) is 0.874. The smallest absolute Gasteiger partial charge is 0.320 e. The van der Waals surface area contributed by atoms with Crippen molar-refractivity contribution >= 4 is 28.3 Å². The Bertz CT molecular complexity index is 568. The van der Waals surface area contributed by atoms with Gasteiger partial charge in [-0.05, 0) is 24.7 Å². The lowest BCUT2D eigenvalue weighted by atomic mass is 10.1. The molecule has 120 valence electrons. The molecule has 1 aromatic rings. The van der Waals surface area contributed by atoms with Gasteiger partial charge in [-0.3, -0.25) is 10.1 Å². The summed E-state index contributed by atoms with van der Waals surface area (Å²) in [5, 5.41) is 6.55. The topological polar surface area (TPSA) is 74.3 Å². The molecule has 6 nitrogen and oxygen atoms in total. The van der Waals surface area contributed by atoms with Crippen molar-refractivity contribution in [1.82, 2.24) is 15.2 Å². The standard InChI is InChI=1S/C15H22N4O2S/c1-9(2)13-14(22-8-16-13)18-15(21)17-11-5-12(20)19(7-11)6-10-3-4-10/h8-11H,3-7H2,1-2H3,(H2,17,18,21). The van der Waals surface area contributed by atoms with Crippen molar-refractivity contribution in [3.8, 4) is 0 Å². The van der Waals surface area contributed by atoms with E-state index >= 15 is 0 Å². The van der Waals surface area contributed by atoms with Crippen LogP contribution in [0.25, 0.3) is 0 Å². The van der Waals surface area contributed by atoms with E-state index in [0.717, 1.165) is 17.2 Å². The summed E-state index contributed by atoms with van der Waals surface area (Å²) in [5.41, 5.74) is 2.64. The van der Waals surface area contributed by atoms with Crippen LogP contribution in [-0.4, -0.2) is 41.0 Å². The van der Waals surface area contributed by atoms with Crippen molar-refractivity contribution in [2.45, 2.75) is 45.1 Å². The Morgan fingerprint density at radius 1 is 1.50 bits per heavy atom. The summed E-state index contributed by atoms with van der Waals surface area (Å²) in [6.07, 6.45) is 2.86. The lowest BCUT2D eigenvalue weighted by Crippen LogP contribution is -2.40. The van der Waals surface area contributed by atoms with E-state index in [9.17, 15) is 9.59 Å². The zero-order chi connectivity index (χ0) is 15.7. The van der Waals surface area contributed by atoms with Crippen LogP contribution in [0.15, 0.2) is 5.51 Å². The Balaban J connectivity index is 1.51. The Morgan fingerprint density at radius 2 is 2.27 bits per heavy atom. The predicted molar refractivity (Wildman–Crippen MR) is 86.1 cm³/mol. The van der Waals surface area contributed by atoms with Gasteiger partial charge < -0.3 is 10.2 Å². The third-order valence-electron chi connectivity index (χ3n) is 4.09. The van der Waals surface area contributed by atoms with Gasteiger partial charge in [-0.25, -0.2) is 9.78 Å². The van der Waals surface area contributed by atoms with Crippen molar-refractivity contribution in [1.29, 1.82) is 0 Å². The highest BCUT2D eigenvalue weighted by molar-refractivity contribution is 7.14. The van der Waals surface area contributed by atoms with Crippen LogP contribution in [0.2, 0.25) is 0 Å². The number of aromatic nitrogens is 1. The first-order valence-corrected chi connectivity index (χ1v) is 8.69. The van der Waals surface area contributed by atoms with E-state index in [-0.39, 0.29) is 23.9 Å². The summed E-state index contributed by atoms with van der Waals surface area (Å²) in [7, 11) is 0. The van der Waals surface area contributed by atoms with E-state index in [0.29, 0.717) is 18.9 Å². The highest BCUT2D eigenvalue weighted by Crippen LogP contribution is 2.31. The lowest BCUT2D eigenvalue weighted by Gasteiger charge is -2.17. The zero-order valence-corrected chi connectivity index (χ0v) is 13.8. The molecule has 1 unspecified atom stereocenters. The van der Waals surface area contributed by atoms with Crippen LogP contribution < -0.4 is 10.6 Å². The number of anilines is 1. The lowest BCUT2D eigenvalue weighted by molar-refractivity contribution is -0.127. The molecule has 2 N–H and O–H groups in total. The predicted octanol–water partition coefficient (Wildman–Crippen LogP) is 2.40. The minimum Gasteiger partial charge on any atom is -0.340 e. The molecule has 0 aromatic carbocycles. The second-order valence-corrected chi connectivity index (χ2v) is 7.32. The number of hydrogen-bond acceptors (Lipinski definition) is 4. The molecule has 0 bridgehead atoms. The molecule has 1 saturated heterocycles. The van der Waals surface area contributed by atoms with E-state index in [1.54, 1.807) is 5.51 Å². The molecule has 1 atom stereocenters. The van der Waals surface area contributed by atoms with Crippen molar-refractivity contribution in [2.75, 3.05) is 18.4 Å². The Morgan fingerprint density at radius 3 is 2.95 bits per heavy atom. The first-order chi connectivity index (χ1) is 10.5. The van der Waals surface area contributed by atoms with Gasteiger partial charge in [0.25, 0.3) is 0 Å². The molecule has 1 aliphatic carbocycles. The second-order valence-electron chi connectivity index (χ2n) is 6.46. The second kappa shape index (κ2) is 6.24. The van der Waals surface area contributed by atoms with Crippen LogP contribution in [0.1, 0.15) is 44.7 Å².